The summed E-state index contributed by atoms with van der Waals surface area (Å²) in [6.07, 6.45) is -2.33. The van der Waals surface area contributed by atoms with Gasteiger partial charge in [-0.1, -0.05) is 0 Å². The summed E-state index contributed by atoms with van der Waals surface area (Å²) in [4.78, 5) is 8.33. The molecular formula is CH4Ca2O4. The molecule has 0 aromatic heterocycles. The molecule has 6 heteroatoms. The summed E-state index contributed by atoms with van der Waals surface area (Å²) in [5.74, 6) is 0. The van der Waals surface area contributed by atoms with Crippen LogP contribution >= 0.6 is 0 Å². The van der Waals surface area contributed by atoms with E-state index in [4.69, 9.17) is 15.0 Å². The van der Waals surface area contributed by atoms with Crippen molar-refractivity contribution in [1.82, 2.24) is 0 Å². The first-order chi connectivity index (χ1) is 1.73. The molecule has 4 nitrogen and oxygen atoms in total. The van der Waals surface area contributed by atoms with Crippen molar-refractivity contribution in [3.63, 3.8) is 0 Å². The van der Waals surface area contributed by atoms with Gasteiger partial charge >= 0.3 is 75.5 Å². The van der Waals surface area contributed by atoms with Crippen molar-refractivity contribution in [2.45, 2.75) is 0 Å². The first-order valence-corrected chi connectivity index (χ1v) is 0.612. The van der Waals surface area contributed by atoms with Crippen LogP contribution in [0.25, 0.3) is 0 Å². The predicted octanol–water partition coefficient (Wildman–Crippen LogP) is -4.57. The Morgan fingerprint density at radius 3 is 1.29 bits per heavy atom. The topological polar surface area (TPSA) is 94.7 Å². The quantitative estimate of drug-likeness (QED) is 0.334. The van der Waals surface area contributed by atoms with Gasteiger partial charge in [0, 0.05) is 0 Å². The van der Waals surface area contributed by atoms with E-state index in [1.165, 1.54) is 0 Å². The van der Waals surface area contributed by atoms with Crippen LogP contribution in [0.1, 0.15) is 0 Å². The molecule has 0 aliphatic carbocycles. The maximum absolute atomic E-state index is 8.33. The van der Waals surface area contributed by atoms with Gasteiger partial charge < -0.3 is 20.5 Å². The Hall–Kier alpha value is 1.75. The molecule has 0 unspecified atom stereocenters. The Balaban J connectivity index is -0.0000000150. The van der Waals surface area contributed by atoms with Crippen LogP contribution in [0.3, 0.4) is 0 Å². The third-order valence-corrected chi connectivity index (χ3v) is 0. The molecular weight excluding hydrogens is 156 g/mol. The second-order valence-electron chi connectivity index (χ2n) is 0.250. The molecule has 0 fully saturated rings. The molecule has 0 spiro atoms. The standard InChI is InChI=1S/CH2O3.2Ca.H2O.2H/c2-1(3)4;;;;;/h(H2,2,3,4);;;1H2;;/q;;+2;;;/p-2. The molecule has 0 aromatic rings. The average Bonchev–Trinajstić information content (AvgIpc) is 0.811. The van der Waals surface area contributed by atoms with Crippen molar-refractivity contribution in [3.05, 3.63) is 0 Å². The Kier molecular flexibility index (Phi) is 52.1. The van der Waals surface area contributed by atoms with Crippen molar-refractivity contribution in [3.8, 4) is 0 Å². The molecule has 0 aliphatic heterocycles. The summed E-state index contributed by atoms with van der Waals surface area (Å²) in [5.41, 5.74) is 0. The molecule has 36 valence electrons. The molecule has 0 aliphatic rings. The third-order valence-electron chi connectivity index (χ3n) is 0. The molecule has 0 heterocycles. The van der Waals surface area contributed by atoms with E-state index in [0.717, 1.165) is 0 Å². The number of carbonyl (C=O) groups is 1. The summed E-state index contributed by atoms with van der Waals surface area (Å²) in [6.45, 7) is 0. The molecule has 2 N–H and O–H groups in total. The second kappa shape index (κ2) is 15.7. The fourth-order valence-corrected chi connectivity index (χ4v) is 0. The number of carbonyl (C=O) groups excluding carboxylic acids is 1. The van der Waals surface area contributed by atoms with Crippen LogP contribution in [0.4, 0.5) is 4.79 Å². The molecule has 0 bridgehead atoms. The Morgan fingerprint density at radius 1 is 1.29 bits per heavy atom. The van der Waals surface area contributed by atoms with Crippen molar-refractivity contribution < 1.29 is 20.5 Å². The van der Waals surface area contributed by atoms with E-state index < -0.39 is 6.16 Å². The zero-order valence-corrected chi connectivity index (χ0v) is 5.14. The Bertz CT molecular complexity index is 32.7. The first-order valence-electron chi connectivity index (χ1n) is 0.612. The second-order valence-corrected chi connectivity index (χ2v) is 0.250. The molecule has 0 radical (unpaired) electrons. The zero-order valence-electron chi connectivity index (χ0n) is 2.93. The average molecular weight is 160 g/mol. The number of rotatable bonds is 0. The Morgan fingerprint density at radius 2 is 1.29 bits per heavy atom. The number of hydrogen-bond acceptors (Lipinski definition) is 3. The molecule has 7 heavy (non-hydrogen) atoms. The molecule has 0 saturated heterocycles. The van der Waals surface area contributed by atoms with Crippen LogP contribution in [-0.2, 0) is 0 Å². The van der Waals surface area contributed by atoms with Gasteiger partial charge in [0.2, 0.25) is 0 Å². The van der Waals surface area contributed by atoms with E-state index >= 15 is 0 Å². The van der Waals surface area contributed by atoms with Crippen LogP contribution in [0.5, 0.6) is 0 Å². The van der Waals surface area contributed by atoms with Gasteiger partial charge in [0.15, 0.2) is 0 Å². The van der Waals surface area contributed by atoms with Gasteiger partial charge in [-0.05, 0) is 6.16 Å². The summed E-state index contributed by atoms with van der Waals surface area (Å²) in [7, 11) is 0. The normalized spacial score (nSPS) is 3.43. The van der Waals surface area contributed by atoms with E-state index in [1.54, 1.807) is 0 Å². The van der Waals surface area contributed by atoms with Crippen LogP contribution < -0.4 is 10.2 Å². The fourth-order valence-electron chi connectivity index (χ4n) is 0. The van der Waals surface area contributed by atoms with Crippen LogP contribution in [-0.4, -0.2) is 87.1 Å². The Labute approximate surface area is 100 Å². The summed E-state index contributed by atoms with van der Waals surface area (Å²) < 4.78 is 0. The summed E-state index contributed by atoms with van der Waals surface area (Å²) in [6, 6.07) is 0. The van der Waals surface area contributed by atoms with E-state index in [0.29, 0.717) is 0 Å². The van der Waals surface area contributed by atoms with Gasteiger partial charge in [-0.2, -0.15) is 0 Å². The van der Waals surface area contributed by atoms with E-state index in [2.05, 4.69) is 0 Å². The van der Waals surface area contributed by atoms with Crippen LogP contribution in [0.2, 0.25) is 0 Å². The van der Waals surface area contributed by atoms with Crippen molar-refractivity contribution >= 4 is 81.6 Å². The predicted molar refractivity (Wildman–Crippen MR) is 23.3 cm³/mol. The van der Waals surface area contributed by atoms with Crippen molar-refractivity contribution in [2.75, 3.05) is 0 Å². The van der Waals surface area contributed by atoms with Gasteiger partial charge in [0.05, 0.1) is 0 Å². The van der Waals surface area contributed by atoms with Crippen LogP contribution in [0.15, 0.2) is 0 Å². The van der Waals surface area contributed by atoms with Gasteiger partial charge in [0.25, 0.3) is 0 Å². The van der Waals surface area contributed by atoms with Crippen molar-refractivity contribution in [1.29, 1.82) is 0 Å². The minimum atomic E-state index is -2.33. The molecule has 0 atom stereocenters. The van der Waals surface area contributed by atoms with E-state index in [-0.39, 0.29) is 81.0 Å². The fraction of sp³-hybridized carbons (Fsp3) is 0. The van der Waals surface area contributed by atoms with Crippen molar-refractivity contribution in [2.24, 2.45) is 0 Å². The monoisotopic (exact) mass is 160 g/mol. The molecule has 0 amide bonds. The summed E-state index contributed by atoms with van der Waals surface area (Å²) in [5, 5.41) is 16.7. The van der Waals surface area contributed by atoms with Gasteiger partial charge in [-0.25, -0.2) is 0 Å². The third kappa shape index (κ3) is 83.7. The molecule has 0 rings (SSSR count). The maximum atomic E-state index is 8.33. The SMILES string of the molecule is O.O=C([O-])[O-].[Ca+2].[CaH2]. The minimum absolute atomic E-state index is 0. The van der Waals surface area contributed by atoms with Crippen LogP contribution in [0, 0.1) is 0 Å². The van der Waals surface area contributed by atoms with Gasteiger partial charge in [-0.15, -0.1) is 0 Å². The van der Waals surface area contributed by atoms with E-state index in [1.807, 2.05) is 0 Å². The van der Waals surface area contributed by atoms with Gasteiger partial charge in [-0.3, -0.25) is 0 Å². The zero-order chi connectivity index (χ0) is 3.58. The molecule has 0 aromatic carbocycles. The summed E-state index contributed by atoms with van der Waals surface area (Å²) >= 11 is 0. The first kappa shape index (κ1) is 23.3. The number of hydrogen-bond donors (Lipinski definition) is 0. The van der Waals surface area contributed by atoms with E-state index in [9.17, 15) is 0 Å². The van der Waals surface area contributed by atoms with Gasteiger partial charge in [0.1, 0.15) is 0 Å². The number of carboxylic acid groups (broad SMARTS) is 2. The molecule has 0 saturated carbocycles.